The highest BCUT2D eigenvalue weighted by molar-refractivity contribution is 6.33. The number of hydrogen-bond acceptors (Lipinski definition) is 2. The molecular formula is C16H21ClN2O2. The molecule has 0 aromatic heterocycles. The van der Waals surface area contributed by atoms with Gasteiger partial charge in [0.25, 0.3) is 5.91 Å². The van der Waals surface area contributed by atoms with Crippen LogP contribution in [0.4, 0.5) is 0 Å². The second kappa shape index (κ2) is 7.46. The number of nitrogens with zero attached hydrogens (tertiary/aromatic N) is 1. The number of carbonyl (C=O) groups excluding carboxylic acids is 2. The van der Waals surface area contributed by atoms with E-state index in [2.05, 4.69) is 5.32 Å². The molecule has 0 radical (unpaired) electrons. The topological polar surface area (TPSA) is 49.4 Å². The van der Waals surface area contributed by atoms with Crippen molar-refractivity contribution < 1.29 is 9.59 Å². The van der Waals surface area contributed by atoms with Crippen LogP contribution in [-0.4, -0.2) is 35.8 Å². The highest BCUT2D eigenvalue weighted by Gasteiger charge is 2.24. The molecule has 1 saturated carbocycles. The first-order chi connectivity index (χ1) is 10.1. The van der Waals surface area contributed by atoms with Crippen molar-refractivity contribution in [2.75, 3.05) is 13.1 Å². The number of amides is 2. The summed E-state index contributed by atoms with van der Waals surface area (Å²) in [6.45, 7) is 2.59. The summed E-state index contributed by atoms with van der Waals surface area (Å²) in [5.41, 5.74) is 0.467. The number of hydrogen-bond donors (Lipinski definition) is 1. The van der Waals surface area contributed by atoms with Crippen LogP contribution < -0.4 is 5.32 Å². The van der Waals surface area contributed by atoms with Crippen molar-refractivity contribution >= 4 is 23.4 Å². The van der Waals surface area contributed by atoms with E-state index in [9.17, 15) is 9.59 Å². The van der Waals surface area contributed by atoms with Crippen molar-refractivity contribution in [3.8, 4) is 0 Å². The summed E-state index contributed by atoms with van der Waals surface area (Å²) in [4.78, 5) is 25.6. The van der Waals surface area contributed by atoms with Gasteiger partial charge >= 0.3 is 0 Å². The zero-order valence-corrected chi connectivity index (χ0v) is 13.0. The lowest BCUT2D eigenvalue weighted by Crippen LogP contribution is -2.42. The van der Waals surface area contributed by atoms with Gasteiger partial charge in [-0.05, 0) is 25.0 Å². The molecule has 5 heteroatoms. The maximum absolute atomic E-state index is 12.0. The van der Waals surface area contributed by atoms with Crippen LogP contribution in [0.15, 0.2) is 24.3 Å². The van der Waals surface area contributed by atoms with E-state index in [4.69, 9.17) is 11.6 Å². The molecule has 0 aliphatic heterocycles. The van der Waals surface area contributed by atoms with E-state index in [1.54, 1.807) is 31.2 Å². The number of nitrogens with one attached hydrogen (secondary N) is 1. The van der Waals surface area contributed by atoms with Gasteiger partial charge in [-0.1, -0.05) is 36.6 Å². The van der Waals surface area contributed by atoms with Gasteiger partial charge in [0.05, 0.1) is 10.6 Å². The van der Waals surface area contributed by atoms with Crippen molar-refractivity contribution in [3.63, 3.8) is 0 Å². The van der Waals surface area contributed by atoms with Crippen molar-refractivity contribution in [1.82, 2.24) is 10.2 Å². The van der Waals surface area contributed by atoms with E-state index in [-0.39, 0.29) is 11.8 Å². The van der Waals surface area contributed by atoms with Gasteiger partial charge in [-0.2, -0.15) is 0 Å². The zero-order chi connectivity index (χ0) is 15.2. The van der Waals surface area contributed by atoms with E-state index in [1.165, 1.54) is 12.8 Å². The lowest BCUT2D eigenvalue weighted by Gasteiger charge is -2.27. The Kier molecular flexibility index (Phi) is 5.62. The fraction of sp³-hybridized carbons (Fsp3) is 0.500. The van der Waals surface area contributed by atoms with Crippen LogP contribution in [0.25, 0.3) is 0 Å². The minimum absolute atomic E-state index is 0.0777. The quantitative estimate of drug-likeness (QED) is 0.909. The lowest BCUT2D eigenvalue weighted by molar-refractivity contribution is -0.130. The Balaban J connectivity index is 1.86. The largest absolute Gasteiger partial charge is 0.350 e. The molecule has 4 nitrogen and oxygen atoms in total. The number of halogens is 1. The number of carbonyl (C=O) groups is 2. The van der Waals surface area contributed by atoms with Crippen LogP contribution in [-0.2, 0) is 4.79 Å². The van der Waals surface area contributed by atoms with Gasteiger partial charge in [0.2, 0.25) is 5.91 Å². The molecule has 0 saturated heterocycles. The maximum atomic E-state index is 12.0. The summed E-state index contributed by atoms with van der Waals surface area (Å²) in [6.07, 6.45) is 4.50. The summed E-state index contributed by atoms with van der Waals surface area (Å²) in [7, 11) is 0. The Labute approximate surface area is 130 Å². The highest BCUT2D eigenvalue weighted by Crippen LogP contribution is 2.23. The molecule has 114 valence electrons. The summed E-state index contributed by atoms with van der Waals surface area (Å²) >= 11 is 5.99. The van der Waals surface area contributed by atoms with Gasteiger partial charge in [-0.15, -0.1) is 0 Å². The predicted molar refractivity (Wildman–Crippen MR) is 83.4 cm³/mol. The molecule has 0 bridgehead atoms. The summed E-state index contributed by atoms with van der Waals surface area (Å²) in [5.74, 6) is -0.121. The fourth-order valence-electron chi connectivity index (χ4n) is 2.84. The molecule has 0 spiro atoms. The Hall–Kier alpha value is -1.55. The molecule has 1 aliphatic carbocycles. The van der Waals surface area contributed by atoms with Crippen molar-refractivity contribution in [3.05, 3.63) is 34.9 Å². The molecule has 2 amide bonds. The van der Waals surface area contributed by atoms with Gasteiger partial charge in [-0.3, -0.25) is 9.59 Å². The van der Waals surface area contributed by atoms with Crippen molar-refractivity contribution in [2.45, 2.75) is 38.6 Å². The summed E-state index contributed by atoms with van der Waals surface area (Å²) in [6, 6.07) is 7.28. The number of benzene rings is 1. The van der Waals surface area contributed by atoms with E-state index >= 15 is 0 Å². The monoisotopic (exact) mass is 308 g/mol. The second-order valence-electron chi connectivity index (χ2n) is 5.39. The first-order valence-electron chi connectivity index (χ1n) is 7.39. The van der Waals surface area contributed by atoms with Crippen molar-refractivity contribution in [1.29, 1.82) is 0 Å². The Morgan fingerprint density at radius 1 is 1.29 bits per heavy atom. The average Bonchev–Trinajstić information content (AvgIpc) is 2.97. The molecule has 1 aliphatic rings. The third-order valence-electron chi connectivity index (χ3n) is 3.93. The fourth-order valence-corrected chi connectivity index (χ4v) is 3.07. The second-order valence-corrected chi connectivity index (χ2v) is 5.79. The van der Waals surface area contributed by atoms with Gasteiger partial charge in [-0.25, -0.2) is 0 Å². The molecular weight excluding hydrogens is 288 g/mol. The normalized spacial score (nSPS) is 15.0. The van der Waals surface area contributed by atoms with E-state index in [1.807, 2.05) is 4.90 Å². The Morgan fingerprint density at radius 2 is 1.95 bits per heavy atom. The van der Waals surface area contributed by atoms with Crippen LogP contribution in [0.2, 0.25) is 5.02 Å². The van der Waals surface area contributed by atoms with Crippen LogP contribution in [0.5, 0.6) is 0 Å². The molecule has 1 aromatic carbocycles. The molecule has 0 atom stereocenters. The van der Waals surface area contributed by atoms with E-state index in [0.717, 1.165) is 12.8 Å². The highest BCUT2D eigenvalue weighted by atomic mass is 35.5. The van der Waals surface area contributed by atoms with Gasteiger partial charge in [0.1, 0.15) is 0 Å². The minimum Gasteiger partial charge on any atom is -0.350 e. The third-order valence-corrected chi connectivity index (χ3v) is 4.26. The van der Waals surface area contributed by atoms with Gasteiger partial charge < -0.3 is 10.2 Å². The number of rotatable bonds is 5. The third kappa shape index (κ3) is 4.21. The molecule has 0 heterocycles. The zero-order valence-electron chi connectivity index (χ0n) is 12.3. The standard InChI is InChI=1S/C16H21ClN2O2/c1-12(20)19(13-6-2-3-7-13)11-10-18-16(21)14-8-4-5-9-15(14)17/h4-5,8-9,13H,2-3,6-7,10-11H2,1H3,(H,18,21). The van der Waals surface area contributed by atoms with Crippen LogP contribution in [0.3, 0.4) is 0 Å². The van der Waals surface area contributed by atoms with E-state index in [0.29, 0.717) is 29.7 Å². The van der Waals surface area contributed by atoms with Crippen LogP contribution in [0, 0.1) is 0 Å². The van der Waals surface area contributed by atoms with Gasteiger partial charge in [0.15, 0.2) is 0 Å². The molecule has 1 N–H and O–H groups in total. The first kappa shape index (κ1) is 15.8. The summed E-state index contributed by atoms with van der Waals surface area (Å²) < 4.78 is 0. The SMILES string of the molecule is CC(=O)N(CCNC(=O)c1ccccc1Cl)C1CCCC1. The lowest BCUT2D eigenvalue weighted by atomic mass is 10.2. The smallest absolute Gasteiger partial charge is 0.252 e. The van der Waals surface area contributed by atoms with Crippen LogP contribution in [0.1, 0.15) is 43.0 Å². The minimum atomic E-state index is -0.199. The Morgan fingerprint density at radius 3 is 2.57 bits per heavy atom. The predicted octanol–water partition coefficient (Wildman–Crippen LogP) is 2.86. The van der Waals surface area contributed by atoms with Crippen molar-refractivity contribution in [2.24, 2.45) is 0 Å². The summed E-state index contributed by atoms with van der Waals surface area (Å²) in [5, 5.41) is 3.27. The van der Waals surface area contributed by atoms with E-state index < -0.39 is 0 Å². The molecule has 2 rings (SSSR count). The van der Waals surface area contributed by atoms with Gasteiger partial charge in [0, 0.05) is 26.1 Å². The molecule has 1 aromatic rings. The maximum Gasteiger partial charge on any atom is 0.252 e. The Bertz CT molecular complexity index is 513. The molecule has 1 fully saturated rings. The average molecular weight is 309 g/mol. The van der Waals surface area contributed by atoms with Crippen LogP contribution >= 0.6 is 11.6 Å². The molecule has 21 heavy (non-hydrogen) atoms. The molecule has 0 unspecified atom stereocenters. The first-order valence-corrected chi connectivity index (χ1v) is 7.77.